The number of alkyl halides is 1. The van der Waals surface area contributed by atoms with Gasteiger partial charge in [-0.05, 0) is 55.4 Å². The minimum atomic E-state index is 0.0941. The number of halogens is 1. The van der Waals surface area contributed by atoms with Crippen LogP contribution in [0, 0.1) is 5.92 Å². The van der Waals surface area contributed by atoms with Crippen LogP contribution in [0.5, 0.6) is 5.75 Å². The van der Waals surface area contributed by atoms with Crippen molar-refractivity contribution in [1.82, 2.24) is 0 Å². The highest BCUT2D eigenvalue weighted by atomic mass is 35.5. The van der Waals surface area contributed by atoms with Gasteiger partial charge in [0, 0.05) is 17.7 Å². The number of amides is 1. The molecule has 3 nitrogen and oxygen atoms in total. The number of carbonyl (C=O) groups is 1. The van der Waals surface area contributed by atoms with Gasteiger partial charge in [-0.15, -0.1) is 11.6 Å². The Bertz CT molecular complexity index is 475. The van der Waals surface area contributed by atoms with E-state index in [2.05, 4.69) is 5.32 Å². The average molecular weight is 328 g/mol. The molecule has 1 aromatic carbocycles. The molecule has 1 aromatic rings. The predicted molar refractivity (Wildman–Crippen MR) is 90.5 cm³/mol. The second-order valence-corrected chi connectivity index (χ2v) is 6.69. The molecule has 1 amide bonds. The predicted octanol–water partition coefficient (Wildman–Crippen LogP) is 4.30. The number of nitrogens with one attached hydrogen (secondary N) is 1. The Kier molecular flexibility index (Phi) is 6.71. The lowest BCUT2D eigenvalue weighted by Gasteiger charge is -2.20. The molecule has 21 heavy (non-hydrogen) atoms. The van der Waals surface area contributed by atoms with Gasteiger partial charge in [-0.1, -0.05) is 0 Å². The van der Waals surface area contributed by atoms with Crippen LogP contribution in [-0.4, -0.2) is 24.0 Å². The summed E-state index contributed by atoms with van der Waals surface area (Å²) in [7, 11) is 0. The van der Waals surface area contributed by atoms with Gasteiger partial charge >= 0.3 is 0 Å². The summed E-state index contributed by atoms with van der Waals surface area (Å²) in [6.07, 6.45) is 2.91. The zero-order valence-corrected chi connectivity index (χ0v) is 13.9. The highest BCUT2D eigenvalue weighted by molar-refractivity contribution is 7.99. The molecule has 0 aromatic heterocycles. The van der Waals surface area contributed by atoms with Crippen molar-refractivity contribution in [2.45, 2.75) is 32.1 Å². The Hall–Kier alpha value is -0.870. The van der Waals surface area contributed by atoms with Crippen LogP contribution >= 0.6 is 23.4 Å². The van der Waals surface area contributed by atoms with Gasteiger partial charge in [0.2, 0.25) is 5.91 Å². The molecule has 1 N–H and O–H groups in total. The lowest BCUT2D eigenvalue weighted by atomic mass is 9.98. The zero-order valence-electron chi connectivity index (χ0n) is 12.4. The maximum absolute atomic E-state index is 12.1. The number of carbonyl (C=O) groups excluding carboxylic acids is 1. The number of rotatable bonds is 6. The second-order valence-electron chi connectivity index (χ2n) is 5.20. The third-order valence-corrected chi connectivity index (χ3v) is 4.94. The molecule has 1 saturated heterocycles. The molecule has 1 fully saturated rings. The Morgan fingerprint density at radius 2 is 2.19 bits per heavy atom. The molecule has 0 radical (unpaired) electrons. The topological polar surface area (TPSA) is 38.3 Å². The SMILES string of the molecule is CCOc1ccc(NC(=O)CC2CCSCC2)cc1CCl. The first-order valence-corrected chi connectivity index (χ1v) is 9.11. The Morgan fingerprint density at radius 1 is 1.43 bits per heavy atom. The molecule has 0 unspecified atom stereocenters. The lowest BCUT2D eigenvalue weighted by Crippen LogP contribution is -2.19. The maximum Gasteiger partial charge on any atom is 0.224 e. The van der Waals surface area contributed by atoms with Crippen LogP contribution in [0.3, 0.4) is 0 Å². The first kappa shape index (κ1) is 16.5. The molecule has 1 aliphatic rings. The summed E-state index contributed by atoms with van der Waals surface area (Å²) < 4.78 is 5.51. The van der Waals surface area contributed by atoms with E-state index >= 15 is 0 Å². The van der Waals surface area contributed by atoms with E-state index in [-0.39, 0.29) is 5.91 Å². The number of hydrogen-bond acceptors (Lipinski definition) is 3. The number of ether oxygens (including phenoxy) is 1. The number of hydrogen-bond donors (Lipinski definition) is 1. The Labute approximate surface area is 135 Å². The second kappa shape index (κ2) is 8.54. The van der Waals surface area contributed by atoms with Crippen LogP contribution in [0.25, 0.3) is 0 Å². The van der Waals surface area contributed by atoms with E-state index in [9.17, 15) is 4.79 Å². The van der Waals surface area contributed by atoms with Crippen molar-refractivity contribution in [3.63, 3.8) is 0 Å². The summed E-state index contributed by atoms with van der Waals surface area (Å²) in [5.41, 5.74) is 1.70. The number of thioether (sulfide) groups is 1. The summed E-state index contributed by atoms with van der Waals surface area (Å²) in [6.45, 7) is 2.55. The molecular weight excluding hydrogens is 306 g/mol. The molecule has 1 heterocycles. The molecule has 0 saturated carbocycles. The molecule has 0 bridgehead atoms. The van der Waals surface area contributed by atoms with Crippen LogP contribution in [-0.2, 0) is 10.7 Å². The summed E-state index contributed by atoms with van der Waals surface area (Å²) in [4.78, 5) is 12.1. The van der Waals surface area contributed by atoms with Crippen molar-refractivity contribution < 1.29 is 9.53 Å². The van der Waals surface area contributed by atoms with E-state index in [4.69, 9.17) is 16.3 Å². The van der Waals surface area contributed by atoms with Crippen LogP contribution in [0.1, 0.15) is 31.7 Å². The molecular formula is C16H22ClNO2S. The van der Waals surface area contributed by atoms with E-state index in [1.807, 2.05) is 36.9 Å². The minimum absolute atomic E-state index is 0.0941. The molecule has 5 heteroatoms. The molecule has 0 spiro atoms. The Balaban J connectivity index is 1.93. The van der Waals surface area contributed by atoms with Gasteiger partial charge in [0.1, 0.15) is 5.75 Å². The highest BCUT2D eigenvalue weighted by Crippen LogP contribution is 2.27. The average Bonchev–Trinajstić information content (AvgIpc) is 2.50. The summed E-state index contributed by atoms with van der Waals surface area (Å²) in [5.74, 6) is 4.14. The van der Waals surface area contributed by atoms with E-state index in [1.165, 1.54) is 11.5 Å². The summed E-state index contributed by atoms with van der Waals surface area (Å²) >= 11 is 7.92. The quantitative estimate of drug-likeness (QED) is 0.792. The minimum Gasteiger partial charge on any atom is -0.494 e. The van der Waals surface area contributed by atoms with E-state index < -0.39 is 0 Å². The smallest absolute Gasteiger partial charge is 0.224 e. The van der Waals surface area contributed by atoms with Gasteiger partial charge in [0.05, 0.1) is 12.5 Å². The molecule has 2 rings (SSSR count). The van der Waals surface area contributed by atoms with Gasteiger partial charge < -0.3 is 10.1 Å². The van der Waals surface area contributed by atoms with Crippen molar-refractivity contribution in [1.29, 1.82) is 0 Å². The van der Waals surface area contributed by atoms with E-state index in [0.717, 1.165) is 29.8 Å². The van der Waals surface area contributed by atoms with Crippen molar-refractivity contribution in [3.05, 3.63) is 23.8 Å². The molecule has 1 aliphatic heterocycles. The number of anilines is 1. The standard InChI is InChI=1S/C16H22ClNO2S/c1-2-20-15-4-3-14(10-13(15)11-17)18-16(19)9-12-5-7-21-8-6-12/h3-4,10,12H,2,5-9,11H2,1H3,(H,18,19). The zero-order chi connectivity index (χ0) is 15.1. The fraction of sp³-hybridized carbons (Fsp3) is 0.562. The van der Waals surface area contributed by atoms with Crippen LogP contribution in [0.4, 0.5) is 5.69 Å². The van der Waals surface area contributed by atoms with Gasteiger partial charge in [-0.2, -0.15) is 11.8 Å². The van der Waals surface area contributed by atoms with Crippen LogP contribution in [0.2, 0.25) is 0 Å². The van der Waals surface area contributed by atoms with Gasteiger partial charge in [0.25, 0.3) is 0 Å². The van der Waals surface area contributed by atoms with Crippen LogP contribution < -0.4 is 10.1 Å². The maximum atomic E-state index is 12.1. The van der Waals surface area contributed by atoms with Gasteiger partial charge in [0.15, 0.2) is 0 Å². The van der Waals surface area contributed by atoms with Crippen LogP contribution in [0.15, 0.2) is 18.2 Å². The number of benzene rings is 1. The first-order chi connectivity index (χ1) is 10.2. The summed E-state index contributed by atoms with van der Waals surface area (Å²) in [6, 6.07) is 5.64. The van der Waals surface area contributed by atoms with E-state index in [1.54, 1.807) is 0 Å². The first-order valence-electron chi connectivity index (χ1n) is 7.42. The molecule has 0 aliphatic carbocycles. The molecule has 116 valence electrons. The van der Waals surface area contributed by atoms with Gasteiger partial charge in [-0.25, -0.2) is 0 Å². The van der Waals surface area contributed by atoms with Crippen molar-refractivity contribution in [2.75, 3.05) is 23.4 Å². The third kappa shape index (κ3) is 5.11. The summed E-state index contributed by atoms with van der Waals surface area (Å²) in [5, 5.41) is 2.97. The highest BCUT2D eigenvalue weighted by Gasteiger charge is 2.17. The fourth-order valence-corrected chi connectivity index (χ4v) is 3.90. The Morgan fingerprint density at radius 3 is 2.86 bits per heavy atom. The normalized spacial score (nSPS) is 15.7. The lowest BCUT2D eigenvalue weighted by molar-refractivity contribution is -0.117. The van der Waals surface area contributed by atoms with Crippen molar-refractivity contribution >= 4 is 35.0 Å². The molecule has 0 atom stereocenters. The fourth-order valence-electron chi connectivity index (χ4n) is 2.48. The van der Waals surface area contributed by atoms with Gasteiger partial charge in [-0.3, -0.25) is 4.79 Å². The van der Waals surface area contributed by atoms with E-state index in [0.29, 0.717) is 24.8 Å². The monoisotopic (exact) mass is 327 g/mol. The third-order valence-electron chi connectivity index (χ3n) is 3.60. The van der Waals surface area contributed by atoms with Crippen molar-refractivity contribution in [3.8, 4) is 5.75 Å². The van der Waals surface area contributed by atoms with Crippen molar-refractivity contribution in [2.24, 2.45) is 5.92 Å². The largest absolute Gasteiger partial charge is 0.494 e.